The maximum Gasteiger partial charge on any atom is 0.0935 e. The zero-order valence-electron chi connectivity index (χ0n) is 11.6. The van der Waals surface area contributed by atoms with Crippen LogP contribution in [-0.2, 0) is 9.47 Å². The van der Waals surface area contributed by atoms with Crippen molar-refractivity contribution < 1.29 is 9.47 Å². The molecular formula is C13H28N2O2. The van der Waals surface area contributed by atoms with Crippen molar-refractivity contribution in [2.24, 2.45) is 5.73 Å². The second-order valence-corrected chi connectivity index (χ2v) is 4.79. The lowest BCUT2D eigenvalue weighted by Crippen LogP contribution is -2.47. The molecule has 0 bridgehead atoms. The molecule has 0 aliphatic carbocycles. The summed E-state index contributed by atoms with van der Waals surface area (Å²) in [7, 11) is 0. The lowest BCUT2D eigenvalue weighted by atomic mass is 9.97. The van der Waals surface area contributed by atoms with Crippen LogP contribution in [0.25, 0.3) is 0 Å². The van der Waals surface area contributed by atoms with E-state index in [1.165, 1.54) is 0 Å². The molecule has 0 aromatic heterocycles. The smallest absolute Gasteiger partial charge is 0.0935 e. The summed E-state index contributed by atoms with van der Waals surface area (Å²) in [6, 6.07) is 0. The predicted octanol–water partition coefficient (Wildman–Crippen LogP) is 1.24. The third-order valence-electron chi connectivity index (χ3n) is 3.91. The Labute approximate surface area is 105 Å². The summed E-state index contributed by atoms with van der Waals surface area (Å²) in [5.74, 6) is 0. The van der Waals surface area contributed by atoms with Gasteiger partial charge in [-0.25, -0.2) is 0 Å². The van der Waals surface area contributed by atoms with E-state index >= 15 is 0 Å². The average Bonchev–Trinajstić information content (AvgIpc) is 2.41. The summed E-state index contributed by atoms with van der Waals surface area (Å²) in [6.45, 7) is 11.6. The fraction of sp³-hybridized carbons (Fsp3) is 1.00. The van der Waals surface area contributed by atoms with E-state index in [4.69, 9.17) is 15.2 Å². The molecule has 4 nitrogen and oxygen atoms in total. The maximum absolute atomic E-state index is 6.03. The SMILES string of the molecule is CCN1CCOC(COC(CC)(CC)CN)C1. The van der Waals surface area contributed by atoms with Crippen molar-refractivity contribution in [1.82, 2.24) is 4.90 Å². The second kappa shape index (κ2) is 7.31. The third kappa shape index (κ3) is 4.21. The summed E-state index contributed by atoms with van der Waals surface area (Å²) < 4.78 is 11.8. The summed E-state index contributed by atoms with van der Waals surface area (Å²) >= 11 is 0. The van der Waals surface area contributed by atoms with Gasteiger partial charge in [-0.1, -0.05) is 20.8 Å². The van der Waals surface area contributed by atoms with E-state index in [9.17, 15) is 0 Å². The Balaban J connectivity index is 2.38. The minimum absolute atomic E-state index is 0.155. The topological polar surface area (TPSA) is 47.7 Å². The molecule has 4 heteroatoms. The number of rotatable bonds is 7. The van der Waals surface area contributed by atoms with Crippen molar-refractivity contribution in [1.29, 1.82) is 0 Å². The van der Waals surface area contributed by atoms with Gasteiger partial charge in [-0.3, -0.25) is 4.90 Å². The van der Waals surface area contributed by atoms with Gasteiger partial charge in [0.05, 0.1) is 24.9 Å². The lowest BCUT2D eigenvalue weighted by Gasteiger charge is -2.36. The van der Waals surface area contributed by atoms with Gasteiger partial charge in [0.15, 0.2) is 0 Å². The van der Waals surface area contributed by atoms with E-state index in [-0.39, 0.29) is 11.7 Å². The van der Waals surface area contributed by atoms with Crippen LogP contribution < -0.4 is 5.73 Å². The van der Waals surface area contributed by atoms with Crippen LogP contribution in [0.15, 0.2) is 0 Å². The van der Waals surface area contributed by atoms with Gasteiger partial charge in [0.2, 0.25) is 0 Å². The summed E-state index contributed by atoms with van der Waals surface area (Å²) in [5, 5.41) is 0. The highest BCUT2D eigenvalue weighted by molar-refractivity contribution is 4.80. The number of hydrogen-bond acceptors (Lipinski definition) is 4. The van der Waals surface area contributed by atoms with Gasteiger partial charge < -0.3 is 15.2 Å². The Kier molecular flexibility index (Phi) is 6.41. The lowest BCUT2D eigenvalue weighted by molar-refractivity contribution is -0.118. The van der Waals surface area contributed by atoms with Gasteiger partial charge in [-0.2, -0.15) is 0 Å². The van der Waals surface area contributed by atoms with E-state index in [1.807, 2.05) is 0 Å². The number of nitrogens with zero attached hydrogens (tertiary/aromatic N) is 1. The standard InChI is InChI=1S/C13H28N2O2/c1-4-13(5-2,11-14)17-10-12-9-15(6-3)7-8-16-12/h12H,4-11,14H2,1-3H3. The van der Waals surface area contributed by atoms with Crippen LogP contribution >= 0.6 is 0 Å². The quantitative estimate of drug-likeness (QED) is 0.732. The molecule has 1 fully saturated rings. The molecule has 1 atom stereocenters. The highest BCUT2D eigenvalue weighted by atomic mass is 16.5. The summed E-state index contributed by atoms with van der Waals surface area (Å²) in [5.41, 5.74) is 5.67. The number of hydrogen-bond donors (Lipinski definition) is 1. The normalized spacial score (nSPS) is 22.9. The van der Waals surface area contributed by atoms with Crippen LogP contribution in [-0.4, -0.2) is 56.0 Å². The third-order valence-corrected chi connectivity index (χ3v) is 3.91. The molecule has 0 aromatic rings. The van der Waals surface area contributed by atoms with Crippen LogP contribution in [0.1, 0.15) is 33.6 Å². The monoisotopic (exact) mass is 244 g/mol. The van der Waals surface area contributed by atoms with Crippen molar-refractivity contribution in [2.75, 3.05) is 39.4 Å². The number of morpholine rings is 1. The molecule has 0 saturated carbocycles. The Hall–Kier alpha value is -0.160. The molecule has 1 rings (SSSR count). The van der Waals surface area contributed by atoms with Crippen LogP contribution in [0, 0.1) is 0 Å². The summed E-state index contributed by atoms with van der Waals surface area (Å²) in [4.78, 5) is 2.40. The minimum Gasteiger partial charge on any atom is -0.373 e. The highest BCUT2D eigenvalue weighted by Gasteiger charge is 2.28. The molecule has 0 aromatic carbocycles. The first-order valence-corrected chi connectivity index (χ1v) is 6.87. The molecule has 1 aliphatic rings. The second-order valence-electron chi connectivity index (χ2n) is 4.79. The first-order chi connectivity index (χ1) is 8.19. The van der Waals surface area contributed by atoms with Crippen molar-refractivity contribution in [3.8, 4) is 0 Å². The van der Waals surface area contributed by atoms with Gasteiger partial charge in [0.1, 0.15) is 0 Å². The van der Waals surface area contributed by atoms with E-state index in [1.54, 1.807) is 0 Å². The van der Waals surface area contributed by atoms with Crippen molar-refractivity contribution in [3.63, 3.8) is 0 Å². The van der Waals surface area contributed by atoms with Gasteiger partial charge in [0.25, 0.3) is 0 Å². The molecule has 17 heavy (non-hydrogen) atoms. The maximum atomic E-state index is 6.03. The fourth-order valence-electron chi connectivity index (χ4n) is 2.24. The minimum atomic E-state index is -0.155. The molecular weight excluding hydrogens is 216 g/mol. The van der Waals surface area contributed by atoms with Crippen LogP contribution in [0.4, 0.5) is 0 Å². The van der Waals surface area contributed by atoms with Gasteiger partial charge >= 0.3 is 0 Å². The fourth-order valence-corrected chi connectivity index (χ4v) is 2.24. The van der Waals surface area contributed by atoms with E-state index in [0.29, 0.717) is 13.2 Å². The zero-order chi connectivity index (χ0) is 12.7. The Bertz CT molecular complexity index is 199. The number of nitrogens with two attached hydrogens (primary N) is 1. The van der Waals surface area contributed by atoms with E-state index in [2.05, 4.69) is 25.7 Å². The van der Waals surface area contributed by atoms with Gasteiger partial charge in [0, 0.05) is 19.6 Å². The first-order valence-electron chi connectivity index (χ1n) is 6.87. The van der Waals surface area contributed by atoms with Crippen LogP contribution in [0.2, 0.25) is 0 Å². The molecule has 0 radical (unpaired) electrons. The molecule has 1 aliphatic heterocycles. The van der Waals surface area contributed by atoms with Crippen LogP contribution in [0.3, 0.4) is 0 Å². The molecule has 1 saturated heterocycles. The molecule has 1 heterocycles. The van der Waals surface area contributed by atoms with E-state index < -0.39 is 0 Å². The highest BCUT2D eigenvalue weighted by Crippen LogP contribution is 2.20. The molecule has 1 unspecified atom stereocenters. The van der Waals surface area contributed by atoms with Gasteiger partial charge in [-0.05, 0) is 19.4 Å². The first kappa shape index (κ1) is 14.9. The van der Waals surface area contributed by atoms with Crippen molar-refractivity contribution in [2.45, 2.75) is 45.3 Å². The number of likely N-dealkylation sites (N-methyl/N-ethyl adjacent to an activating group) is 1. The van der Waals surface area contributed by atoms with Gasteiger partial charge in [-0.15, -0.1) is 0 Å². The van der Waals surface area contributed by atoms with Crippen molar-refractivity contribution >= 4 is 0 Å². The average molecular weight is 244 g/mol. The Morgan fingerprint density at radius 3 is 2.59 bits per heavy atom. The zero-order valence-corrected chi connectivity index (χ0v) is 11.6. The Morgan fingerprint density at radius 1 is 1.35 bits per heavy atom. The van der Waals surface area contributed by atoms with Crippen molar-refractivity contribution in [3.05, 3.63) is 0 Å². The van der Waals surface area contributed by atoms with E-state index in [0.717, 1.165) is 39.1 Å². The molecule has 0 amide bonds. The number of ether oxygens (including phenoxy) is 2. The molecule has 0 spiro atoms. The Morgan fingerprint density at radius 2 is 2.06 bits per heavy atom. The predicted molar refractivity (Wildman–Crippen MR) is 70.2 cm³/mol. The van der Waals surface area contributed by atoms with Crippen LogP contribution in [0.5, 0.6) is 0 Å². The molecule has 102 valence electrons. The summed E-state index contributed by atoms with van der Waals surface area (Å²) in [6.07, 6.45) is 2.13. The largest absolute Gasteiger partial charge is 0.373 e. The molecule has 2 N–H and O–H groups in total.